The molecule has 0 spiro atoms. The van der Waals surface area contributed by atoms with Crippen molar-refractivity contribution < 1.29 is 18.3 Å². The van der Waals surface area contributed by atoms with Crippen LogP contribution < -0.4 is 15.9 Å². The van der Waals surface area contributed by atoms with Gasteiger partial charge >= 0.3 is 6.61 Å². The number of anilines is 1. The van der Waals surface area contributed by atoms with Gasteiger partial charge in [0.1, 0.15) is 5.75 Å². The second-order valence-corrected chi connectivity index (χ2v) is 8.55. The smallest absolute Gasteiger partial charge is 0.387 e. The van der Waals surface area contributed by atoms with Crippen LogP contribution in [0.1, 0.15) is 6.92 Å². The number of ether oxygens (including phenoxy) is 1. The first-order chi connectivity index (χ1) is 16.4. The normalized spacial score (nSPS) is 11.9. The van der Waals surface area contributed by atoms with Crippen molar-refractivity contribution in [3.05, 3.63) is 78.9 Å². The van der Waals surface area contributed by atoms with E-state index in [4.69, 9.17) is 5.84 Å². The molecule has 1 heterocycles. The summed E-state index contributed by atoms with van der Waals surface area (Å²) in [5.41, 5.74) is 3.18. The molecule has 0 aliphatic rings. The zero-order valence-electron chi connectivity index (χ0n) is 18.1. The number of para-hydroxylation sites is 1. The van der Waals surface area contributed by atoms with Crippen molar-refractivity contribution >= 4 is 23.4 Å². The van der Waals surface area contributed by atoms with Crippen molar-refractivity contribution in [2.24, 2.45) is 0 Å². The number of carbonyl (C=O) groups is 1. The van der Waals surface area contributed by atoms with Crippen molar-refractivity contribution in [2.75, 3.05) is 11.2 Å². The van der Waals surface area contributed by atoms with Crippen LogP contribution in [0.2, 0.25) is 0 Å². The summed E-state index contributed by atoms with van der Waals surface area (Å²) in [6.07, 6.45) is 0. The fourth-order valence-electron chi connectivity index (χ4n) is 3.25. The number of amides is 1. The zero-order valence-corrected chi connectivity index (χ0v) is 18.9. The molecule has 0 saturated heterocycles. The van der Waals surface area contributed by atoms with Gasteiger partial charge in [-0.2, -0.15) is 8.78 Å². The van der Waals surface area contributed by atoms with E-state index >= 15 is 0 Å². The van der Waals surface area contributed by atoms with Crippen molar-refractivity contribution in [2.45, 2.75) is 23.9 Å². The quantitative estimate of drug-likeness (QED) is 0.270. The molecule has 0 aliphatic heterocycles. The molecule has 3 N–H and O–H groups in total. The number of hydrogen-bond acceptors (Lipinski definition) is 6. The third kappa shape index (κ3) is 5.34. The number of nitrogen functional groups attached to an aromatic ring is 1. The topological polar surface area (TPSA) is 95.1 Å². The van der Waals surface area contributed by atoms with Crippen molar-refractivity contribution in [1.82, 2.24) is 14.9 Å². The maximum atomic E-state index is 12.9. The number of aromatic nitrogens is 3. The van der Waals surface area contributed by atoms with Crippen molar-refractivity contribution in [1.29, 1.82) is 0 Å². The molecule has 1 aromatic heterocycles. The lowest BCUT2D eigenvalue weighted by Crippen LogP contribution is -2.24. The molecule has 7 nitrogen and oxygen atoms in total. The highest BCUT2D eigenvalue weighted by molar-refractivity contribution is 8.00. The molecular formula is C24H21F2N5O2S. The van der Waals surface area contributed by atoms with E-state index in [1.165, 1.54) is 16.8 Å². The molecule has 10 heteroatoms. The minimum Gasteiger partial charge on any atom is -0.435 e. The van der Waals surface area contributed by atoms with Gasteiger partial charge in [-0.15, -0.1) is 10.2 Å². The molecule has 1 unspecified atom stereocenters. The number of nitrogens with two attached hydrogens (primary N) is 1. The molecule has 4 rings (SSSR count). The summed E-state index contributed by atoms with van der Waals surface area (Å²) in [6.45, 7) is -1.16. The molecule has 174 valence electrons. The third-order valence-corrected chi connectivity index (χ3v) is 5.98. The maximum Gasteiger partial charge on any atom is 0.387 e. The molecule has 4 aromatic rings. The molecule has 3 aromatic carbocycles. The van der Waals surface area contributed by atoms with Gasteiger partial charge in [0.2, 0.25) is 11.1 Å². The van der Waals surface area contributed by atoms with Crippen LogP contribution in [0.3, 0.4) is 0 Å². The molecule has 0 saturated carbocycles. The lowest BCUT2D eigenvalue weighted by molar-refractivity contribution is -0.115. The molecule has 0 bridgehead atoms. The van der Waals surface area contributed by atoms with Crippen molar-refractivity contribution in [3.8, 4) is 28.3 Å². The number of alkyl halides is 2. The summed E-state index contributed by atoms with van der Waals surface area (Å²) in [6, 6.07) is 23.2. The molecule has 0 radical (unpaired) electrons. The van der Waals surface area contributed by atoms with Gasteiger partial charge in [-0.05, 0) is 42.8 Å². The van der Waals surface area contributed by atoms with Crippen LogP contribution in [0.4, 0.5) is 14.5 Å². The average Bonchev–Trinajstić information content (AvgIpc) is 3.20. The van der Waals surface area contributed by atoms with Crippen LogP contribution in [-0.2, 0) is 4.79 Å². The van der Waals surface area contributed by atoms with E-state index in [0.717, 1.165) is 22.9 Å². The van der Waals surface area contributed by atoms with E-state index in [-0.39, 0.29) is 11.7 Å². The van der Waals surface area contributed by atoms with E-state index in [2.05, 4.69) is 20.3 Å². The summed E-state index contributed by atoms with van der Waals surface area (Å²) >= 11 is 1.15. The number of rotatable bonds is 8. The fourth-order valence-corrected chi connectivity index (χ4v) is 4.02. The van der Waals surface area contributed by atoms with E-state index in [1.54, 1.807) is 19.1 Å². The average molecular weight is 482 g/mol. The third-order valence-electron chi connectivity index (χ3n) is 4.92. The van der Waals surface area contributed by atoms with Gasteiger partial charge in [0, 0.05) is 16.8 Å². The Morgan fingerprint density at radius 3 is 2.35 bits per heavy atom. The molecule has 1 amide bonds. The molecule has 0 aliphatic carbocycles. The lowest BCUT2D eigenvalue weighted by Gasteiger charge is -2.14. The number of nitrogens with zero attached hydrogens (tertiary/aromatic N) is 3. The van der Waals surface area contributed by atoms with E-state index in [9.17, 15) is 13.6 Å². The van der Waals surface area contributed by atoms with Gasteiger partial charge in [-0.1, -0.05) is 60.3 Å². The monoisotopic (exact) mass is 481 g/mol. The van der Waals surface area contributed by atoms with Crippen LogP contribution in [-0.4, -0.2) is 32.6 Å². The first kappa shape index (κ1) is 23.2. The van der Waals surface area contributed by atoms with Gasteiger partial charge < -0.3 is 15.9 Å². The predicted molar refractivity (Wildman–Crippen MR) is 128 cm³/mol. The summed E-state index contributed by atoms with van der Waals surface area (Å²) < 4.78 is 30.3. The fraction of sp³-hybridized carbons (Fsp3) is 0.125. The SMILES string of the molecule is CC(Sc1nnc(-c2ccc(OC(F)F)cc2)n1N)C(=O)Nc1ccccc1-c1ccccc1. The highest BCUT2D eigenvalue weighted by atomic mass is 32.2. The van der Waals surface area contributed by atoms with Crippen LogP contribution in [0.25, 0.3) is 22.5 Å². The summed E-state index contributed by atoms with van der Waals surface area (Å²) in [4.78, 5) is 12.9. The van der Waals surface area contributed by atoms with Crippen LogP contribution in [0, 0.1) is 0 Å². The Hall–Kier alpha value is -3.92. The first-order valence-corrected chi connectivity index (χ1v) is 11.2. The number of thioether (sulfide) groups is 1. The number of benzene rings is 3. The van der Waals surface area contributed by atoms with Crippen LogP contribution >= 0.6 is 11.8 Å². The Bertz CT molecular complexity index is 1270. The van der Waals surface area contributed by atoms with Gasteiger partial charge in [0.05, 0.1) is 5.25 Å². The Balaban J connectivity index is 1.45. The minimum atomic E-state index is -2.90. The van der Waals surface area contributed by atoms with Gasteiger partial charge in [0.15, 0.2) is 5.82 Å². The number of carbonyl (C=O) groups excluding carboxylic acids is 1. The van der Waals surface area contributed by atoms with Crippen LogP contribution in [0.5, 0.6) is 5.75 Å². The highest BCUT2D eigenvalue weighted by Gasteiger charge is 2.21. The molecule has 0 fully saturated rings. The Labute approximate surface area is 198 Å². The zero-order chi connectivity index (χ0) is 24.1. The summed E-state index contributed by atoms with van der Waals surface area (Å²) in [7, 11) is 0. The van der Waals surface area contributed by atoms with Gasteiger partial charge in [-0.25, -0.2) is 4.68 Å². The second kappa shape index (κ2) is 10.3. The van der Waals surface area contributed by atoms with Gasteiger partial charge in [-0.3, -0.25) is 4.79 Å². The van der Waals surface area contributed by atoms with E-state index < -0.39 is 11.9 Å². The highest BCUT2D eigenvalue weighted by Crippen LogP contribution is 2.30. The second-order valence-electron chi connectivity index (χ2n) is 7.24. The molecule has 1 atom stereocenters. The van der Waals surface area contributed by atoms with Crippen molar-refractivity contribution in [3.63, 3.8) is 0 Å². The van der Waals surface area contributed by atoms with E-state index in [0.29, 0.717) is 22.2 Å². The number of hydrogen-bond donors (Lipinski definition) is 2. The maximum absolute atomic E-state index is 12.9. The Morgan fingerprint density at radius 2 is 1.65 bits per heavy atom. The Morgan fingerprint density at radius 1 is 0.971 bits per heavy atom. The number of halogens is 2. The largest absolute Gasteiger partial charge is 0.435 e. The standard InChI is InChI=1S/C24H21F2N5O2S/c1-15(22(32)28-20-10-6-5-9-19(20)16-7-3-2-4-8-16)34-24-30-29-21(31(24)27)17-11-13-18(14-12-17)33-23(25)26/h2-15,23H,27H2,1H3,(H,28,32). The summed E-state index contributed by atoms with van der Waals surface area (Å²) in [5.74, 6) is 6.28. The lowest BCUT2D eigenvalue weighted by atomic mass is 10.0. The molecular weight excluding hydrogens is 460 g/mol. The predicted octanol–water partition coefficient (Wildman–Crippen LogP) is 5.05. The first-order valence-electron chi connectivity index (χ1n) is 10.3. The van der Waals surface area contributed by atoms with Crippen LogP contribution in [0.15, 0.2) is 84.0 Å². The molecule has 34 heavy (non-hydrogen) atoms. The number of nitrogens with one attached hydrogen (secondary N) is 1. The minimum absolute atomic E-state index is 0.0255. The summed E-state index contributed by atoms with van der Waals surface area (Å²) in [5, 5.41) is 10.9. The van der Waals surface area contributed by atoms with Gasteiger partial charge in [0.25, 0.3) is 0 Å². The Kier molecular flexibility index (Phi) is 7.07. The van der Waals surface area contributed by atoms with E-state index in [1.807, 2.05) is 54.6 Å².